The number of amides is 1. The minimum Gasteiger partial charge on any atom is -0.380 e. The van der Waals surface area contributed by atoms with Crippen molar-refractivity contribution in [2.75, 3.05) is 59.6 Å². The van der Waals surface area contributed by atoms with E-state index in [0.29, 0.717) is 0 Å². The first kappa shape index (κ1) is 21.9. The molecule has 3 fully saturated rings. The Kier molecular flexibility index (Phi) is 9.86. The second-order valence-corrected chi connectivity index (χ2v) is 6.74. The molecule has 1 amide bonds. The van der Waals surface area contributed by atoms with Crippen LogP contribution < -0.4 is 5.32 Å². The number of hydrogen-bond acceptors (Lipinski definition) is 5. The minimum absolute atomic E-state index is 0. The van der Waals surface area contributed by atoms with Gasteiger partial charge in [0.05, 0.1) is 25.4 Å². The normalized spacial score (nSPS) is 29.0. The summed E-state index contributed by atoms with van der Waals surface area (Å²) in [5, 5.41) is 3.29. The number of ether oxygens (including phenoxy) is 2. The van der Waals surface area contributed by atoms with Crippen LogP contribution in [0.3, 0.4) is 0 Å². The summed E-state index contributed by atoms with van der Waals surface area (Å²) in [6.45, 7) is 7.62. The molecule has 0 unspecified atom stereocenters. The highest BCUT2D eigenvalue weighted by Gasteiger charge is 2.34. The second-order valence-electron chi connectivity index (χ2n) is 6.74. The molecular formula is C16H31Cl2N3O3. The fraction of sp³-hybridized carbons (Fsp3) is 0.938. The molecule has 142 valence electrons. The number of nitrogens with one attached hydrogen (secondary N) is 1. The first-order valence-electron chi connectivity index (χ1n) is 8.61. The van der Waals surface area contributed by atoms with E-state index in [0.717, 1.165) is 71.1 Å². The van der Waals surface area contributed by atoms with Crippen LogP contribution in [0.5, 0.6) is 0 Å². The molecule has 0 aromatic rings. The van der Waals surface area contributed by atoms with E-state index in [-0.39, 0.29) is 42.9 Å². The molecule has 3 rings (SSSR count). The second kappa shape index (κ2) is 10.8. The predicted molar refractivity (Wildman–Crippen MR) is 98.3 cm³/mol. The van der Waals surface area contributed by atoms with Gasteiger partial charge >= 0.3 is 0 Å². The lowest BCUT2D eigenvalue weighted by atomic mass is 9.95. The maximum Gasteiger partial charge on any atom is 0.239 e. The van der Waals surface area contributed by atoms with Gasteiger partial charge in [0, 0.05) is 46.4 Å². The Balaban J connectivity index is 0.00000144. The number of piperidine rings is 1. The molecule has 0 bridgehead atoms. The third kappa shape index (κ3) is 5.71. The zero-order valence-corrected chi connectivity index (χ0v) is 16.1. The van der Waals surface area contributed by atoms with Gasteiger partial charge < -0.3 is 19.7 Å². The standard InChI is InChI=1S/C16H29N3O3.2ClH/c1-21-14-10-15(17-11-14)16(20)19-4-2-13(3-5-19)12-18-6-8-22-9-7-18;;/h13-15,17H,2-12H2,1H3;2*1H/t14-,15-;;/m0../s1. The number of rotatable bonds is 4. The van der Waals surface area contributed by atoms with E-state index in [2.05, 4.69) is 10.2 Å². The van der Waals surface area contributed by atoms with Crippen molar-refractivity contribution in [3.63, 3.8) is 0 Å². The molecule has 8 heteroatoms. The summed E-state index contributed by atoms with van der Waals surface area (Å²) in [6, 6.07) is -0.0410. The lowest BCUT2D eigenvalue weighted by molar-refractivity contribution is -0.134. The number of likely N-dealkylation sites (tertiary alicyclic amines) is 1. The summed E-state index contributed by atoms with van der Waals surface area (Å²) in [7, 11) is 1.72. The molecule has 3 heterocycles. The lowest BCUT2D eigenvalue weighted by Gasteiger charge is -2.36. The summed E-state index contributed by atoms with van der Waals surface area (Å²) < 4.78 is 10.7. The first-order chi connectivity index (χ1) is 10.8. The van der Waals surface area contributed by atoms with Gasteiger partial charge in [0.25, 0.3) is 0 Å². The number of methoxy groups -OCH3 is 1. The van der Waals surface area contributed by atoms with Crippen molar-refractivity contribution in [2.24, 2.45) is 5.92 Å². The maximum atomic E-state index is 12.5. The van der Waals surface area contributed by atoms with Crippen LogP contribution in [0.2, 0.25) is 0 Å². The van der Waals surface area contributed by atoms with Crippen LogP contribution in [0.1, 0.15) is 19.3 Å². The van der Waals surface area contributed by atoms with Gasteiger partial charge in [-0.2, -0.15) is 0 Å². The van der Waals surface area contributed by atoms with Gasteiger partial charge in [0.2, 0.25) is 5.91 Å². The smallest absolute Gasteiger partial charge is 0.239 e. The predicted octanol–water partition coefficient (Wildman–Crippen LogP) is 0.778. The van der Waals surface area contributed by atoms with E-state index >= 15 is 0 Å². The van der Waals surface area contributed by atoms with Gasteiger partial charge in [0.1, 0.15) is 0 Å². The van der Waals surface area contributed by atoms with E-state index in [1.807, 2.05) is 4.90 Å². The van der Waals surface area contributed by atoms with Crippen LogP contribution in [0, 0.1) is 5.92 Å². The number of carbonyl (C=O) groups excluding carboxylic acids is 1. The molecule has 0 saturated carbocycles. The molecule has 0 spiro atoms. The molecule has 0 aliphatic carbocycles. The quantitative estimate of drug-likeness (QED) is 0.777. The molecule has 1 N–H and O–H groups in total. The highest BCUT2D eigenvalue weighted by molar-refractivity contribution is 5.85. The average Bonchev–Trinajstić information content (AvgIpc) is 3.05. The number of morpholine rings is 1. The molecule has 2 atom stereocenters. The Bertz CT molecular complexity index is 376. The Labute approximate surface area is 157 Å². The minimum atomic E-state index is -0.0410. The zero-order chi connectivity index (χ0) is 15.4. The third-order valence-electron chi connectivity index (χ3n) is 5.27. The van der Waals surface area contributed by atoms with E-state index < -0.39 is 0 Å². The van der Waals surface area contributed by atoms with E-state index in [1.165, 1.54) is 6.54 Å². The van der Waals surface area contributed by atoms with Gasteiger partial charge in [0.15, 0.2) is 0 Å². The van der Waals surface area contributed by atoms with Gasteiger partial charge in [-0.1, -0.05) is 0 Å². The van der Waals surface area contributed by atoms with Gasteiger partial charge in [-0.05, 0) is 25.2 Å². The van der Waals surface area contributed by atoms with Crippen molar-refractivity contribution >= 4 is 30.7 Å². The molecule has 0 aromatic carbocycles. The van der Waals surface area contributed by atoms with Crippen LogP contribution in [-0.2, 0) is 14.3 Å². The molecule has 6 nitrogen and oxygen atoms in total. The summed E-state index contributed by atoms with van der Waals surface area (Å²) >= 11 is 0. The van der Waals surface area contributed by atoms with Crippen molar-refractivity contribution in [1.29, 1.82) is 0 Å². The Morgan fingerprint density at radius 1 is 1.17 bits per heavy atom. The number of nitrogens with zero attached hydrogens (tertiary/aromatic N) is 2. The van der Waals surface area contributed by atoms with E-state index in [4.69, 9.17) is 9.47 Å². The lowest BCUT2D eigenvalue weighted by Crippen LogP contribution is -2.48. The molecule has 3 aliphatic rings. The Morgan fingerprint density at radius 2 is 1.83 bits per heavy atom. The van der Waals surface area contributed by atoms with Crippen molar-refractivity contribution in [3.05, 3.63) is 0 Å². The van der Waals surface area contributed by atoms with Crippen molar-refractivity contribution in [1.82, 2.24) is 15.1 Å². The van der Waals surface area contributed by atoms with Crippen LogP contribution >= 0.6 is 24.8 Å². The first-order valence-corrected chi connectivity index (χ1v) is 8.61. The number of hydrogen-bond donors (Lipinski definition) is 1. The summed E-state index contributed by atoms with van der Waals surface area (Å²) in [4.78, 5) is 17.1. The fourth-order valence-electron chi connectivity index (χ4n) is 3.78. The number of halogens is 2. The highest BCUT2D eigenvalue weighted by atomic mass is 35.5. The van der Waals surface area contributed by atoms with Crippen molar-refractivity contribution in [3.8, 4) is 0 Å². The third-order valence-corrected chi connectivity index (χ3v) is 5.27. The van der Waals surface area contributed by atoms with E-state index in [9.17, 15) is 4.79 Å². The summed E-state index contributed by atoms with van der Waals surface area (Å²) in [5.41, 5.74) is 0. The zero-order valence-electron chi connectivity index (χ0n) is 14.4. The van der Waals surface area contributed by atoms with Gasteiger partial charge in [-0.15, -0.1) is 24.8 Å². The summed E-state index contributed by atoms with van der Waals surface area (Å²) in [5.74, 6) is 0.995. The molecule has 0 aromatic heterocycles. The maximum absolute atomic E-state index is 12.5. The highest BCUT2D eigenvalue weighted by Crippen LogP contribution is 2.21. The molecule has 24 heavy (non-hydrogen) atoms. The van der Waals surface area contributed by atoms with Crippen LogP contribution in [0.25, 0.3) is 0 Å². The van der Waals surface area contributed by atoms with Gasteiger partial charge in [-0.3, -0.25) is 9.69 Å². The number of carbonyl (C=O) groups is 1. The molecule has 3 saturated heterocycles. The summed E-state index contributed by atoms with van der Waals surface area (Å²) in [6.07, 6.45) is 3.25. The van der Waals surface area contributed by atoms with Crippen molar-refractivity contribution in [2.45, 2.75) is 31.4 Å². The SMILES string of the molecule is CO[C@@H]1CN[C@H](C(=O)N2CCC(CN3CCOCC3)CC2)C1.Cl.Cl. The van der Waals surface area contributed by atoms with Crippen molar-refractivity contribution < 1.29 is 14.3 Å². The molecule has 0 radical (unpaired) electrons. The average molecular weight is 384 g/mol. The van der Waals surface area contributed by atoms with Crippen LogP contribution in [0.15, 0.2) is 0 Å². The topological polar surface area (TPSA) is 54.0 Å². The Morgan fingerprint density at radius 3 is 2.42 bits per heavy atom. The monoisotopic (exact) mass is 383 g/mol. The van der Waals surface area contributed by atoms with Crippen LogP contribution in [0.4, 0.5) is 0 Å². The fourth-order valence-corrected chi connectivity index (χ4v) is 3.78. The molecular weight excluding hydrogens is 353 g/mol. The Hall–Kier alpha value is -0.110. The van der Waals surface area contributed by atoms with Gasteiger partial charge in [-0.25, -0.2) is 0 Å². The van der Waals surface area contributed by atoms with Crippen LogP contribution in [-0.4, -0.2) is 87.4 Å². The van der Waals surface area contributed by atoms with E-state index in [1.54, 1.807) is 7.11 Å². The largest absolute Gasteiger partial charge is 0.380 e. The molecule has 3 aliphatic heterocycles.